The van der Waals surface area contributed by atoms with E-state index in [1.807, 2.05) is 18.2 Å². The van der Waals surface area contributed by atoms with E-state index in [-0.39, 0.29) is 29.4 Å². The molecule has 1 aliphatic carbocycles. The summed E-state index contributed by atoms with van der Waals surface area (Å²) < 4.78 is 12.2. The lowest BCUT2D eigenvalue weighted by Crippen LogP contribution is -2.82. The summed E-state index contributed by atoms with van der Waals surface area (Å²) >= 11 is 0. The van der Waals surface area contributed by atoms with Crippen LogP contribution in [-0.4, -0.2) is 76.6 Å². The van der Waals surface area contributed by atoms with Crippen molar-refractivity contribution in [2.45, 2.75) is 82.2 Å². The smallest absolute Gasteiger partial charge is 0.388 e. The molecule has 1 saturated carbocycles. The van der Waals surface area contributed by atoms with Gasteiger partial charge >= 0.3 is 11.8 Å². The Hall–Kier alpha value is -2.45. The summed E-state index contributed by atoms with van der Waals surface area (Å²) in [6.07, 6.45) is 6.30. The van der Waals surface area contributed by atoms with Crippen molar-refractivity contribution in [2.24, 2.45) is 0 Å². The Morgan fingerprint density at radius 1 is 1.15 bits per heavy atom. The van der Waals surface area contributed by atoms with E-state index in [0.717, 1.165) is 56.5 Å². The number of ether oxygens (including phenoxy) is 2. The zero-order valence-corrected chi connectivity index (χ0v) is 19.5. The number of hydrogen-bond acceptors (Lipinski definition) is 5. The minimum Gasteiger partial charge on any atom is -0.489 e. The molecule has 3 atom stereocenters. The number of aliphatic hydroxyl groups excluding tert-OH is 1. The van der Waals surface area contributed by atoms with Gasteiger partial charge in [-0.2, -0.15) is 0 Å². The molecule has 1 unspecified atom stereocenters. The number of amides is 2. The summed E-state index contributed by atoms with van der Waals surface area (Å²) in [6, 6.07) is 5.62. The third-order valence-electron chi connectivity index (χ3n) is 8.04. The molecular weight excluding hydrogens is 422 g/mol. The number of likely N-dealkylation sites (tertiary alicyclic amines) is 1. The standard InChI is InChI=1S/C25H33N3O5/c1-25(32-2)10-12-27(13-11-25)19-4-3-5-21(19)33-17-6-7-18-16(14-17)15-28(24(18)31)20-8-9-22(29)26-23(20)30/h6-7,14,19-21H,3-5,8-13,15H2,1-2H3,(H,26,29,30)/p+1/t19-,20?,21-/m1/s1. The number of rotatable bonds is 5. The van der Waals surface area contributed by atoms with E-state index in [2.05, 4.69) is 16.8 Å². The normalized spacial score (nSPS) is 29.8. The van der Waals surface area contributed by atoms with Gasteiger partial charge in [-0.1, -0.05) is 0 Å². The van der Waals surface area contributed by atoms with Gasteiger partial charge in [-0.25, -0.2) is 4.79 Å². The molecule has 2 N–H and O–H groups in total. The van der Waals surface area contributed by atoms with E-state index in [9.17, 15) is 14.7 Å². The largest absolute Gasteiger partial charge is 0.489 e. The van der Waals surface area contributed by atoms with Gasteiger partial charge in [0.1, 0.15) is 11.9 Å². The Kier molecular flexibility index (Phi) is 5.91. The highest BCUT2D eigenvalue weighted by Gasteiger charge is 2.42. The molecule has 8 nitrogen and oxygen atoms in total. The third-order valence-corrected chi connectivity index (χ3v) is 8.04. The SMILES string of the molecule is COC1(C)CCN([C@@H]2CCC[C@H]2Oc2ccc3c(c2)CN(C2CCC(=O)[NH+]=C2O)C3=O)CC1. The molecule has 2 amide bonds. The summed E-state index contributed by atoms with van der Waals surface area (Å²) in [6.45, 7) is 4.66. The predicted molar refractivity (Wildman–Crippen MR) is 121 cm³/mol. The van der Waals surface area contributed by atoms with Crippen LogP contribution in [0.1, 0.15) is 67.8 Å². The number of nitrogens with one attached hydrogen (secondary N) is 1. The molecule has 2 fully saturated rings. The first-order valence-corrected chi connectivity index (χ1v) is 12.1. The van der Waals surface area contributed by atoms with Crippen LogP contribution in [0.4, 0.5) is 0 Å². The summed E-state index contributed by atoms with van der Waals surface area (Å²) in [5.41, 5.74) is 1.53. The number of fused-ring (bicyclic) bond motifs is 1. The molecule has 4 aliphatic rings. The maximum absolute atomic E-state index is 12.9. The van der Waals surface area contributed by atoms with Crippen LogP contribution in [0.25, 0.3) is 0 Å². The van der Waals surface area contributed by atoms with Crippen LogP contribution >= 0.6 is 0 Å². The van der Waals surface area contributed by atoms with Crippen molar-refractivity contribution in [3.63, 3.8) is 0 Å². The average molecular weight is 457 g/mol. The predicted octanol–water partition coefficient (Wildman–Crippen LogP) is 1.17. The second-order valence-electron chi connectivity index (χ2n) is 10.1. The Balaban J connectivity index is 1.26. The second-order valence-corrected chi connectivity index (χ2v) is 10.1. The lowest BCUT2D eigenvalue weighted by Gasteiger charge is -2.42. The van der Waals surface area contributed by atoms with Gasteiger partial charge in [-0.3, -0.25) is 9.69 Å². The zero-order valence-electron chi connectivity index (χ0n) is 19.5. The monoisotopic (exact) mass is 456 g/mol. The van der Waals surface area contributed by atoms with E-state index in [4.69, 9.17) is 9.47 Å². The minimum atomic E-state index is -0.483. The van der Waals surface area contributed by atoms with Crippen molar-refractivity contribution in [3.05, 3.63) is 29.3 Å². The number of carbonyl (C=O) groups excluding carboxylic acids is 2. The Morgan fingerprint density at radius 2 is 1.94 bits per heavy atom. The molecule has 5 rings (SSSR count). The van der Waals surface area contributed by atoms with Crippen LogP contribution in [0.3, 0.4) is 0 Å². The van der Waals surface area contributed by atoms with Crippen molar-refractivity contribution in [2.75, 3.05) is 20.2 Å². The first-order valence-electron chi connectivity index (χ1n) is 12.1. The van der Waals surface area contributed by atoms with E-state index in [1.54, 1.807) is 12.0 Å². The maximum Gasteiger partial charge on any atom is 0.388 e. The summed E-state index contributed by atoms with van der Waals surface area (Å²) in [4.78, 5) is 31.1. The maximum atomic E-state index is 12.9. The quantitative estimate of drug-likeness (QED) is 0.691. The van der Waals surface area contributed by atoms with E-state index in [0.29, 0.717) is 31.0 Å². The second kappa shape index (κ2) is 8.72. The summed E-state index contributed by atoms with van der Waals surface area (Å²) in [7, 11) is 1.81. The molecule has 1 saturated heterocycles. The van der Waals surface area contributed by atoms with Gasteiger partial charge < -0.3 is 19.5 Å². The van der Waals surface area contributed by atoms with Crippen molar-refractivity contribution in [3.8, 4) is 5.75 Å². The van der Waals surface area contributed by atoms with Gasteiger partial charge in [0.05, 0.1) is 12.0 Å². The number of benzene rings is 1. The highest BCUT2D eigenvalue weighted by atomic mass is 16.5. The summed E-state index contributed by atoms with van der Waals surface area (Å²) in [5, 5.41) is 10.2. The van der Waals surface area contributed by atoms with Crippen molar-refractivity contribution in [1.82, 2.24) is 9.80 Å². The summed E-state index contributed by atoms with van der Waals surface area (Å²) in [5.74, 6) is 0.334. The number of piperidine rings is 1. The fourth-order valence-electron chi connectivity index (χ4n) is 5.81. The first-order chi connectivity index (χ1) is 15.9. The topological polar surface area (TPSA) is 93.3 Å². The first kappa shape index (κ1) is 22.3. The lowest BCUT2D eigenvalue weighted by molar-refractivity contribution is -0.394. The highest BCUT2D eigenvalue weighted by molar-refractivity contribution is 6.01. The van der Waals surface area contributed by atoms with E-state index in [1.165, 1.54) is 0 Å². The van der Waals surface area contributed by atoms with Gasteiger partial charge in [0.2, 0.25) is 0 Å². The van der Waals surface area contributed by atoms with Gasteiger partial charge in [0.15, 0.2) is 6.04 Å². The average Bonchev–Trinajstić information content (AvgIpc) is 3.39. The van der Waals surface area contributed by atoms with Crippen molar-refractivity contribution >= 4 is 17.7 Å². The zero-order chi connectivity index (χ0) is 23.2. The Labute approximate surface area is 194 Å². The van der Waals surface area contributed by atoms with Crippen LogP contribution in [0.5, 0.6) is 5.75 Å². The number of carbonyl (C=O) groups is 2. The van der Waals surface area contributed by atoms with Crippen LogP contribution in [0.2, 0.25) is 0 Å². The molecule has 0 radical (unpaired) electrons. The Bertz CT molecular complexity index is 969. The van der Waals surface area contributed by atoms with Crippen LogP contribution < -0.4 is 9.73 Å². The van der Waals surface area contributed by atoms with Crippen LogP contribution in [-0.2, 0) is 16.1 Å². The number of hydrogen-bond donors (Lipinski definition) is 2. The van der Waals surface area contributed by atoms with Crippen LogP contribution in [0.15, 0.2) is 18.2 Å². The molecule has 1 aromatic carbocycles. The van der Waals surface area contributed by atoms with E-state index < -0.39 is 6.04 Å². The molecule has 33 heavy (non-hydrogen) atoms. The highest BCUT2D eigenvalue weighted by Crippen LogP contribution is 2.35. The number of nitrogens with zero attached hydrogens (tertiary/aromatic N) is 2. The molecular formula is C25H34N3O5+. The van der Waals surface area contributed by atoms with Crippen molar-refractivity contribution in [1.29, 1.82) is 0 Å². The molecule has 0 bridgehead atoms. The van der Waals surface area contributed by atoms with Crippen LogP contribution in [0, 0.1) is 0 Å². The molecule has 1 aromatic rings. The molecule has 8 heteroatoms. The van der Waals surface area contributed by atoms with Gasteiger partial charge in [-0.05, 0) is 69.2 Å². The molecule has 3 aliphatic heterocycles. The fourth-order valence-corrected chi connectivity index (χ4v) is 5.81. The molecule has 0 aromatic heterocycles. The minimum absolute atomic E-state index is 0.0170. The Morgan fingerprint density at radius 3 is 2.67 bits per heavy atom. The number of methoxy groups -OCH3 is 1. The van der Waals surface area contributed by atoms with E-state index >= 15 is 0 Å². The fraction of sp³-hybridized carbons (Fsp3) is 0.640. The number of aliphatic hydroxyl groups is 1. The molecule has 178 valence electrons. The van der Waals surface area contributed by atoms with Crippen molar-refractivity contribution < 1.29 is 29.2 Å². The lowest BCUT2D eigenvalue weighted by atomic mass is 9.92. The van der Waals surface area contributed by atoms with Gasteiger partial charge in [-0.15, -0.1) is 4.99 Å². The molecule has 0 spiro atoms. The van der Waals surface area contributed by atoms with Gasteiger partial charge in [0, 0.05) is 38.3 Å². The third kappa shape index (κ3) is 4.26. The molecule has 3 heterocycles. The van der Waals surface area contributed by atoms with Gasteiger partial charge in [0.25, 0.3) is 5.91 Å².